The van der Waals surface area contributed by atoms with Crippen LogP contribution in [0.4, 0.5) is 0 Å². The smallest absolute Gasteiger partial charge is 0.233 e. The summed E-state index contributed by atoms with van der Waals surface area (Å²) in [5.74, 6) is 0.598. The van der Waals surface area contributed by atoms with Gasteiger partial charge in [-0.05, 0) is 26.7 Å². The summed E-state index contributed by atoms with van der Waals surface area (Å²) < 4.78 is 2.21. The summed E-state index contributed by atoms with van der Waals surface area (Å²) in [4.78, 5) is 16.1. The Bertz CT molecular complexity index is 426. The van der Waals surface area contributed by atoms with Gasteiger partial charge < -0.3 is 9.88 Å². The van der Waals surface area contributed by atoms with E-state index in [9.17, 15) is 4.79 Å². The second kappa shape index (κ2) is 6.27. The average Bonchev–Trinajstić information content (AvgIpc) is 2.55. The van der Waals surface area contributed by atoms with Crippen molar-refractivity contribution in [3.63, 3.8) is 0 Å². The number of carbonyl (C=O) groups is 1. The molecule has 4 nitrogen and oxygen atoms in total. The molecule has 0 aliphatic heterocycles. The molecule has 0 radical (unpaired) electrons. The number of carbonyl (C=O) groups excluding carboxylic acids is 1. The van der Waals surface area contributed by atoms with E-state index in [0.29, 0.717) is 5.92 Å². The first-order valence-electron chi connectivity index (χ1n) is 6.28. The second-order valence-electron chi connectivity index (χ2n) is 4.94. The van der Waals surface area contributed by atoms with Gasteiger partial charge in [-0.1, -0.05) is 25.6 Å². The van der Waals surface area contributed by atoms with Gasteiger partial charge in [0.25, 0.3) is 0 Å². The molecular weight excluding hydrogens is 246 g/mol. The summed E-state index contributed by atoms with van der Waals surface area (Å²) in [5, 5.41) is 3.49. The molecule has 0 aliphatic rings. The summed E-state index contributed by atoms with van der Waals surface area (Å²) in [6, 6.07) is 0. The van der Waals surface area contributed by atoms with Crippen molar-refractivity contribution < 1.29 is 4.79 Å². The third-order valence-corrected chi connectivity index (χ3v) is 3.96. The Balaban J connectivity index is 2.94. The SMILES string of the molecule is CNC(=O)C(C)Sc1nc(C)c(C)n1CC(C)C. The Morgan fingerprint density at radius 2 is 2.00 bits per heavy atom. The van der Waals surface area contributed by atoms with Crippen molar-refractivity contribution in [1.29, 1.82) is 0 Å². The lowest BCUT2D eigenvalue weighted by atomic mass is 10.2. The minimum atomic E-state index is -0.123. The predicted molar refractivity (Wildman–Crippen MR) is 75.9 cm³/mol. The first kappa shape index (κ1) is 15.1. The van der Waals surface area contributed by atoms with Crippen molar-refractivity contribution in [2.24, 2.45) is 5.92 Å². The quantitative estimate of drug-likeness (QED) is 0.835. The summed E-state index contributed by atoms with van der Waals surface area (Å²) in [7, 11) is 1.66. The van der Waals surface area contributed by atoms with Crippen LogP contribution in [-0.4, -0.2) is 27.8 Å². The third-order valence-electron chi connectivity index (χ3n) is 2.87. The topological polar surface area (TPSA) is 46.9 Å². The van der Waals surface area contributed by atoms with E-state index in [4.69, 9.17) is 0 Å². The molecular formula is C13H23N3OS. The fourth-order valence-electron chi connectivity index (χ4n) is 1.71. The third kappa shape index (κ3) is 3.51. The monoisotopic (exact) mass is 269 g/mol. The number of nitrogens with one attached hydrogen (secondary N) is 1. The summed E-state index contributed by atoms with van der Waals surface area (Å²) in [6.45, 7) is 11.3. The molecule has 0 saturated heterocycles. The van der Waals surface area contributed by atoms with Crippen molar-refractivity contribution in [1.82, 2.24) is 14.9 Å². The van der Waals surface area contributed by atoms with Gasteiger partial charge in [0, 0.05) is 19.3 Å². The normalized spacial score (nSPS) is 12.8. The molecule has 0 fully saturated rings. The number of amides is 1. The number of hydrogen-bond donors (Lipinski definition) is 1. The van der Waals surface area contributed by atoms with Crippen LogP contribution in [0.2, 0.25) is 0 Å². The summed E-state index contributed by atoms with van der Waals surface area (Å²) in [6.07, 6.45) is 0. The van der Waals surface area contributed by atoms with Crippen LogP contribution in [-0.2, 0) is 11.3 Å². The number of rotatable bonds is 5. The maximum Gasteiger partial charge on any atom is 0.233 e. The highest BCUT2D eigenvalue weighted by atomic mass is 32.2. The van der Waals surface area contributed by atoms with Gasteiger partial charge in [0.1, 0.15) is 0 Å². The lowest BCUT2D eigenvalue weighted by Crippen LogP contribution is -2.27. The molecule has 1 aromatic heterocycles. The Labute approximate surface area is 114 Å². The number of nitrogens with zero attached hydrogens (tertiary/aromatic N) is 2. The van der Waals surface area contributed by atoms with E-state index in [1.54, 1.807) is 7.05 Å². The first-order chi connectivity index (χ1) is 8.36. The van der Waals surface area contributed by atoms with Crippen LogP contribution >= 0.6 is 11.8 Å². The van der Waals surface area contributed by atoms with Gasteiger partial charge >= 0.3 is 0 Å². The highest BCUT2D eigenvalue weighted by Crippen LogP contribution is 2.26. The van der Waals surface area contributed by atoms with E-state index in [2.05, 4.69) is 35.6 Å². The van der Waals surface area contributed by atoms with Crippen LogP contribution in [0.3, 0.4) is 0 Å². The Hall–Kier alpha value is -0.970. The lowest BCUT2D eigenvalue weighted by molar-refractivity contribution is -0.119. The summed E-state index contributed by atoms with van der Waals surface area (Å²) >= 11 is 1.52. The number of imidazole rings is 1. The maximum absolute atomic E-state index is 11.6. The van der Waals surface area contributed by atoms with Crippen LogP contribution in [0.25, 0.3) is 0 Å². The molecule has 1 atom stereocenters. The van der Waals surface area contributed by atoms with E-state index >= 15 is 0 Å². The van der Waals surface area contributed by atoms with E-state index in [1.807, 2.05) is 13.8 Å². The molecule has 102 valence electrons. The van der Waals surface area contributed by atoms with Crippen LogP contribution in [0, 0.1) is 19.8 Å². The highest BCUT2D eigenvalue weighted by Gasteiger charge is 2.19. The molecule has 0 spiro atoms. The zero-order valence-corrected chi connectivity index (χ0v) is 12.9. The number of aromatic nitrogens is 2. The molecule has 1 unspecified atom stereocenters. The highest BCUT2D eigenvalue weighted by molar-refractivity contribution is 8.00. The van der Waals surface area contributed by atoms with Crippen molar-refractivity contribution in [2.75, 3.05) is 7.05 Å². The largest absolute Gasteiger partial charge is 0.358 e. The minimum Gasteiger partial charge on any atom is -0.358 e. The molecule has 1 aromatic rings. The van der Waals surface area contributed by atoms with Crippen LogP contribution < -0.4 is 5.32 Å². The van der Waals surface area contributed by atoms with Gasteiger partial charge in [0.2, 0.25) is 5.91 Å². The zero-order valence-electron chi connectivity index (χ0n) is 12.1. The van der Waals surface area contributed by atoms with Crippen molar-refractivity contribution in [3.8, 4) is 0 Å². The minimum absolute atomic E-state index is 0.0365. The fraction of sp³-hybridized carbons (Fsp3) is 0.692. The van der Waals surface area contributed by atoms with E-state index < -0.39 is 0 Å². The van der Waals surface area contributed by atoms with Gasteiger partial charge in [-0.25, -0.2) is 4.98 Å². The molecule has 0 aromatic carbocycles. The molecule has 1 amide bonds. The predicted octanol–water partition coefficient (Wildman–Crippen LogP) is 2.38. The number of thioether (sulfide) groups is 1. The molecule has 1 rings (SSSR count). The number of hydrogen-bond acceptors (Lipinski definition) is 3. The zero-order chi connectivity index (χ0) is 13.9. The van der Waals surface area contributed by atoms with Gasteiger partial charge in [0.05, 0.1) is 10.9 Å². The van der Waals surface area contributed by atoms with Gasteiger partial charge in [-0.2, -0.15) is 0 Å². The van der Waals surface area contributed by atoms with Gasteiger partial charge in [-0.3, -0.25) is 4.79 Å². The fourth-order valence-corrected chi connectivity index (χ4v) is 2.78. The Kier molecular flexibility index (Phi) is 5.26. The van der Waals surface area contributed by atoms with Crippen molar-refractivity contribution in [2.45, 2.75) is 51.6 Å². The first-order valence-corrected chi connectivity index (χ1v) is 7.16. The standard InChI is InChI=1S/C13H23N3OS/c1-8(2)7-16-10(4)9(3)15-13(16)18-11(5)12(17)14-6/h8,11H,7H2,1-6H3,(H,14,17). The second-order valence-corrected chi connectivity index (χ2v) is 6.25. The van der Waals surface area contributed by atoms with Crippen LogP contribution in [0.1, 0.15) is 32.2 Å². The van der Waals surface area contributed by atoms with E-state index in [0.717, 1.165) is 17.4 Å². The lowest BCUT2D eigenvalue weighted by Gasteiger charge is -2.14. The van der Waals surface area contributed by atoms with E-state index in [-0.39, 0.29) is 11.2 Å². The van der Waals surface area contributed by atoms with Crippen LogP contribution in [0.5, 0.6) is 0 Å². The van der Waals surface area contributed by atoms with Crippen LogP contribution in [0.15, 0.2) is 5.16 Å². The molecule has 1 heterocycles. The molecule has 1 N–H and O–H groups in total. The molecule has 18 heavy (non-hydrogen) atoms. The molecule has 0 bridgehead atoms. The number of aryl methyl sites for hydroxylation is 1. The van der Waals surface area contributed by atoms with Crippen molar-refractivity contribution in [3.05, 3.63) is 11.4 Å². The Morgan fingerprint density at radius 3 is 2.50 bits per heavy atom. The van der Waals surface area contributed by atoms with Gasteiger partial charge in [0.15, 0.2) is 5.16 Å². The molecule has 0 saturated carbocycles. The average molecular weight is 269 g/mol. The van der Waals surface area contributed by atoms with Crippen molar-refractivity contribution >= 4 is 17.7 Å². The van der Waals surface area contributed by atoms with E-state index in [1.165, 1.54) is 17.5 Å². The molecule has 5 heteroatoms. The Morgan fingerprint density at radius 1 is 1.39 bits per heavy atom. The van der Waals surface area contributed by atoms with Gasteiger partial charge in [-0.15, -0.1) is 0 Å². The molecule has 0 aliphatic carbocycles. The summed E-state index contributed by atoms with van der Waals surface area (Å²) in [5.41, 5.74) is 2.23. The maximum atomic E-state index is 11.6.